The number of benzene rings is 2. The summed E-state index contributed by atoms with van der Waals surface area (Å²) in [6.07, 6.45) is 0. The van der Waals surface area contributed by atoms with E-state index in [1.165, 1.54) is 0 Å². The van der Waals surface area contributed by atoms with E-state index in [1.807, 2.05) is 36.4 Å². The van der Waals surface area contributed by atoms with Gasteiger partial charge in [0, 0.05) is 5.39 Å². The summed E-state index contributed by atoms with van der Waals surface area (Å²) in [4.78, 5) is 0.651. The summed E-state index contributed by atoms with van der Waals surface area (Å²) in [6.45, 7) is 0. The zero-order valence-corrected chi connectivity index (χ0v) is 8.92. The molecule has 0 saturated heterocycles. The summed E-state index contributed by atoms with van der Waals surface area (Å²) in [6, 6.07) is 13.3. The smallest absolute Gasteiger partial charge is 0.201 e. The Hall–Kier alpha value is -0.840. The van der Waals surface area contributed by atoms with Crippen molar-refractivity contribution in [1.82, 2.24) is 0 Å². The molecule has 0 aliphatic rings. The quantitative estimate of drug-likeness (QED) is 0.627. The lowest BCUT2D eigenvalue weighted by Gasteiger charge is -2.02. The first-order chi connectivity index (χ1) is 6.83. The fourth-order valence-corrected chi connectivity index (χ4v) is 2.26. The molecule has 0 heterocycles. The molecule has 14 heavy (non-hydrogen) atoms. The average molecular weight is 224 g/mol. The van der Waals surface area contributed by atoms with Gasteiger partial charge < -0.3 is 0 Å². The van der Waals surface area contributed by atoms with Crippen LogP contribution < -0.4 is 0 Å². The molecule has 0 spiro atoms. The van der Waals surface area contributed by atoms with Gasteiger partial charge in [0.15, 0.2) is 0 Å². The second kappa shape index (κ2) is 4.13. The van der Waals surface area contributed by atoms with Crippen molar-refractivity contribution in [2.45, 2.75) is 4.90 Å². The third kappa shape index (κ3) is 1.68. The van der Waals surface area contributed by atoms with Crippen LogP contribution in [0.1, 0.15) is 0 Å². The molecule has 0 N–H and O–H groups in total. The molecule has 4 heteroatoms. The van der Waals surface area contributed by atoms with E-state index in [-0.39, 0.29) is 0 Å². The largest absolute Gasteiger partial charge is 0.223 e. The molecular formula is C10H8O2S2. The lowest BCUT2D eigenvalue weighted by molar-refractivity contribution is 0.615. The fraction of sp³-hybridized carbons (Fsp3) is 0. The molecule has 0 aromatic heterocycles. The monoisotopic (exact) mass is 224 g/mol. The van der Waals surface area contributed by atoms with Gasteiger partial charge in [-0.15, -0.1) is 0 Å². The number of fused-ring (bicyclic) bond motifs is 1. The minimum Gasteiger partial charge on any atom is -0.223 e. The summed E-state index contributed by atoms with van der Waals surface area (Å²) in [5, 5.41) is 1.98. The number of hydrogen-bond donors (Lipinski definition) is 1. The summed E-state index contributed by atoms with van der Waals surface area (Å²) in [5.74, 6) is 0. The predicted octanol–water partition coefficient (Wildman–Crippen LogP) is 2.72. The first-order valence-electron chi connectivity index (χ1n) is 4.04. The average Bonchev–Trinajstić information content (AvgIpc) is 2.27. The second-order valence-electron chi connectivity index (χ2n) is 2.79. The van der Waals surface area contributed by atoms with Crippen molar-refractivity contribution in [2.24, 2.45) is 0 Å². The molecule has 0 aliphatic carbocycles. The van der Waals surface area contributed by atoms with Crippen molar-refractivity contribution in [3.63, 3.8) is 0 Å². The van der Waals surface area contributed by atoms with Crippen LogP contribution in [0.25, 0.3) is 10.8 Å². The van der Waals surface area contributed by atoms with E-state index in [0.717, 1.165) is 10.8 Å². The van der Waals surface area contributed by atoms with Gasteiger partial charge in [-0.25, -0.2) is 7.84 Å². The van der Waals surface area contributed by atoms with Gasteiger partial charge in [-0.3, -0.25) is 0 Å². The van der Waals surface area contributed by atoms with E-state index in [4.69, 9.17) is 0 Å². The van der Waals surface area contributed by atoms with E-state index in [9.17, 15) is 4.21 Å². The van der Waals surface area contributed by atoms with Crippen molar-refractivity contribution in [3.05, 3.63) is 42.5 Å². The Morgan fingerprint density at radius 3 is 2.57 bits per heavy atom. The van der Waals surface area contributed by atoms with Crippen LogP contribution in [0.5, 0.6) is 0 Å². The maximum atomic E-state index is 11.4. The third-order valence-corrected chi connectivity index (χ3v) is 3.25. The summed E-state index contributed by atoms with van der Waals surface area (Å²) in [7, 11) is 0. The van der Waals surface area contributed by atoms with E-state index in [0.29, 0.717) is 4.90 Å². The first-order valence-corrected chi connectivity index (χ1v) is 5.48. The van der Waals surface area contributed by atoms with Gasteiger partial charge in [0.25, 0.3) is 0 Å². The van der Waals surface area contributed by atoms with Crippen LogP contribution in [-0.2, 0) is 14.7 Å². The molecule has 72 valence electrons. The minimum atomic E-state index is -1.50. The van der Waals surface area contributed by atoms with Gasteiger partial charge in [0.2, 0.25) is 11.1 Å². The summed E-state index contributed by atoms with van der Waals surface area (Å²) in [5.41, 5.74) is 0. The molecule has 0 amide bonds. The minimum absolute atomic E-state index is 0.651. The Morgan fingerprint density at radius 1 is 1.07 bits per heavy atom. The molecule has 0 fully saturated rings. The highest BCUT2D eigenvalue weighted by Crippen LogP contribution is 2.22. The zero-order valence-electron chi connectivity index (χ0n) is 7.21. The highest BCUT2D eigenvalue weighted by atomic mass is 32.2. The SMILES string of the molecule is O=S(OS)c1cccc2ccccc12. The van der Waals surface area contributed by atoms with Crippen molar-refractivity contribution < 1.29 is 7.84 Å². The predicted molar refractivity (Wildman–Crippen MR) is 60.4 cm³/mol. The van der Waals surface area contributed by atoms with Gasteiger partial charge in [-0.05, 0) is 24.4 Å². The van der Waals surface area contributed by atoms with Gasteiger partial charge >= 0.3 is 0 Å². The van der Waals surface area contributed by atoms with Gasteiger partial charge in [0.1, 0.15) is 0 Å². The highest BCUT2D eigenvalue weighted by molar-refractivity contribution is 7.91. The van der Waals surface area contributed by atoms with Crippen LogP contribution in [0.2, 0.25) is 0 Å². The molecule has 0 saturated carbocycles. The van der Waals surface area contributed by atoms with Crippen molar-refractivity contribution in [1.29, 1.82) is 0 Å². The van der Waals surface area contributed by atoms with Gasteiger partial charge in [0.05, 0.1) is 4.90 Å². The summed E-state index contributed by atoms with van der Waals surface area (Å²) >= 11 is 2.05. The Bertz CT molecular complexity index is 477. The van der Waals surface area contributed by atoms with Crippen molar-refractivity contribution >= 4 is 34.8 Å². The molecule has 2 aromatic rings. The lowest BCUT2D eigenvalue weighted by Crippen LogP contribution is -1.90. The van der Waals surface area contributed by atoms with E-state index in [2.05, 4.69) is 16.5 Å². The van der Waals surface area contributed by atoms with Crippen LogP contribution in [0, 0.1) is 0 Å². The molecular weight excluding hydrogens is 216 g/mol. The molecule has 2 aromatic carbocycles. The van der Waals surface area contributed by atoms with Crippen LogP contribution in [0.3, 0.4) is 0 Å². The van der Waals surface area contributed by atoms with E-state index in [1.54, 1.807) is 6.07 Å². The van der Waals surface area contributed by atoms with Crippen LogP contribution in [0.4, 0.5) is 0 Å². The molecule has 2 nitrogen and oxygen atoms in total. The number of rotatable bonds is 2. The zero-order chi connectivity index (χ0) is 9.97. The lowest BCUT2D eigenvalue weighted by atomic mass is 10.1. The highest BCUT2D eigenvalue weighted by Gasteiger charge is 2.06. The Labute approximate surface area is 90.2 Å². The molecule has 1 atom stereocenters. The molecule has 0 radical (unpaired) electrons. The molecule has 0 bridgehead atoms. The Kier molecular flexibility index (Phi) is 2.86. The fourth-order valence-electron chi connectivity index (χ4n) is 1.38. The Balaban J connectivity index is 2.71. The molecule has 2 rings (SSSR count). The Morgan fingerprint density at radius 2 is 1.79 bits per heavy atom. The second-order valence-corrected chi connectivity index (χ2v) is 4.29. The number of hydrogen-bond acceptors (Lipinski definition) is 3. The topological polar surface area (TPSA) is 26.3 Å². The van der Waals surface area contributed by atoms with E-state index >= 15 is 0 Å². The van der Waals surface area contributed by atoms with Gasteiger partial charge in [-0.2, -0.15) is 0 Å². The van der Waals surface area contributed by atoms with Crippen LogP contribution in [0.15, 0.2) is 47.4 Å². The maximum Gasteiger partial charge on any atom is 0.201 e. The molecule has 1 unspecified atom stereocenters. The number of thiol groups is 1. The van der Waals surface area contributed by atoms with Crippen LogP contribution >= 0.6 is 12.9 Å². The van der Waals surface area contributed by atoms with Crippen LogP contribution in [-0.4, -0.2) is 4.21 Å². The maximum absolute atomic E-state index is 11.4. The van der Waals surface area contributed by atoms with Crippen molar-refractivity contribution in [2.75, 3.05) is 0 Å². The van der Waals surface area contributed by atoms with E-state index < -0.39 is 11.1 Å². The summed E-state index contributed by atoms with van der Waals surface area (Å²) < 4.78 is 16.0. The normalized spacial score (nSPS) is 12.9. The van der Waals surface area contributed by atoms with Crippen molar-refractivity contribution in [3.8, 4) is 0 Å². The standard InChI is InChI=1S/C10H8O2S2/c11-14(12-13)10-7-3-5-8-4-1-2-6-9(8)10/h1-7,13H. The third-order valence-electron chi connectivity index (χ3n) is 2.00. The first kappa shape index (κ1) is 9.71. The van der Waals surface area contributed by atoms with Gasteiger partial charge in [-0.1, -0.05) is 36.4 Å². The molecule has 0 aliphatic heterocycles.